The van der Waals surface area contributed by atoms with Gasteiger partial charge in [0.15, 0.2) is 0 Å². The number of hydrogen-bond acceptors (Lipinski definition) is 4. The first-order valence-corrected chi connectivity index (χ1v) is 5.40. The molecule has 1 unspecified atom stereocenters. The fourth-order valence-electron chi connectivity index (χ4n) is 1.38. The zero-order chi connectivity index (χ0) is 13.7. The number of anilines is 1. The number of carbonyl (C=O) groups is 1. The molecule has 1 rings (SSSR count). The van der Waals surface area contributed by atoms with Crippen molar-refractivity contribution in [3.05, 3.63) is 34.1 Å². The van der Waals surface area contributed by atoms with Crippen LogP contribution in [0.1, 0.15) is 13.3 Å². The Morgan fingerprint density at radius 1 is 1.61 bits per heavy atom. The second kappa shape index (κ2) is 6.06. The van der Waals surface area contributed by atoms with E-state index in [-0.39, 0.29) is 17.5 Å². The van der Waals surface area contributed by atoms with Crippen LogP contribution in [0.3, 0.4) is 0 Å². The summed E-state index contributed by atoms with van der Waals surface area (Å²) < 4.78 is 13.1. The van der Waals surface area contributed by atoms with Gasteiger partial charge in [-0.15, -0.1) is 0 Å². The molecule has 1 atom stereocenters. The normalized spacial score (nSPS) is 11.9. The average Bonchev–Trinajstić information content (AvgIpc) is 2.31. The maximum Gasteiger partial charge on any atom is 0.306 e. The van der Waals surface area contributed by atoms with Gasteiger partial charge in [-0.25, -0.2) is 0 Å². The molecule has 0 heterocycles. The summed E-state index contributed by atoms with van der Waals surface area (Å²) in [6.45, 7) is 2.07. The lowest BCUT2D eigenvalue weighted by atomic mass is 10.1. The summed E-state index contributed by atoms with van der Waals surface area (Å²) >= 11 is 0. The number of benzene rings is 1. The third-order valence-electron chi connectivity index (χ3n) is 2.46. The second-order valence-electron chi connectivity index (χ2n) is 3.89. The predicted octanol–water partition coefficient (Wildman–Crippen LogP) is 1.66. The van der Waals surface area contributed by atoms with Crippen LogP contribution in [0.5, 0.6) is 0 Å². The van der Waals surface area contributed by atoms with Crippen LogP contribution in [-0.4, -0.2) is 17.4 Å². The van der Waals surface area contributed by atoms with E-state index in [0.717, 1.165) is 12.1 Å². The summed E-state index contributed by atoms with van der Waals surface area (Å²) in [4.78, 5) is 21.3. The van der Waals surface area contributed by atoms with Crippen molar-refractivity contribution in [1.82, 2.24) is 0 Å². The van der Waals surface area contributed by atoms with Crippen LogP contribution < -0.4 is 11.1 Å². The van der Waals surface area contributed by atoms with Crippen molar-refractivity contribution >= 4 is 17.3 Å². The van der Waals surface area contributed by atoms with Crippen molar-refractivity contribution in [3.8, 4) is 0 Å². The molecule has 0 aromatic heterocycles. The summed E-state index contributed by atoms with van der Waals surface area (Å²) in [5.74, 6) is -1.55. The average molecular weight is 255 g/mol. The van der Waals surface area contributed by atoms with Crippen LogP contribution in [0, 0.1) is 21.8 Å². The quantitative estimate of drug-likeness (QED) is 0.617. The van der Waals surface area contributed by atoms with E-state index >= 15 is 0 Å². The molecule has 7 heteroatoms. The maximum atomic E-state index is 13.1. The standard InChI is InChI=1S/C11H14FN3O3/c1-7(4-5-13)11(16)14-8-2-3-9(12)10(6-8)15(17)18/h2-3,6-7H,4-5,13H2,1H3,(H,14,16). The van der Waals surface area contributed by atoms with Crippen LogP contribution in [0.4, 0.5) is 15.8 Å². The topological polar surface area (TPSA) is 98.3 Å². The third kappa shape index (κ3) is 3.49. The van der Waals surface area contributed by atoms with Gasteiger partial charge in [0.1, 0.15) is 0 Å². The number of hydrogen-bond donors (Lipinski definition) is 2. The highest BCUT2D eigenvalue weighted by Gasteiger charge is 2.17. The maximum absolute atomic E-state index is 13.1. The van der Waals surface area contributed by atoms with E-state index in [2.05, 4.69) is 5.32 Å². The Morgan fingerprint density at radius 3 is 2.83 bits per heavy atom. The van der Waals surface area contributed by atoms with Gasteiger partial charge in [-0.05, 0) is 25.1 Å². The number of amides is 1. The number of nitro benzene ring substituents is 1. The highest BCUT2D eigenvalue weighted by atomic mass is 19.1. The van der Waals surface area contributed by atoms with Gasteiger partial charge in [-0.1, -0.05) is 6.92 Å². The predicted molar refractivity (Wildman–Crippen MR) is 64.5 cm³/mol. The van der Waals surface area contributed by atoms with Crippen molar-refractivity contribution in [2.45, 2.75) is 13.3 Å². The molecule has 0 bridgehead atoms. The molecule has 0 fully saturated rings. The van der Waals surface area contributed by atoms with Crippen LogP contribution in [-0.2, 0) is 4.79 Å². The summed E-state index contributed by atoms with van der Waals surface area (Å²) in [7, 11) is 0. The summed E-state index contributed by atoms with van der Waals surface area (Å²) in [6, 6.07) is 3.21. The zero-order valence-corrected chi connectivity index (χ0v) is 9.85. The first kappa shape index (κ1) is 14.0. The van der Waals surface area contributed by atoms with Crippen LogP contribution >= 0.6 is 0 Å². The molecule has 3 N–H and O–H groups in total. The third-order valence-corrected chi connectivity index (χ3v) is 2.46. The molecule has 1 amide bonds. The Balaban J connectivity index is 2.82. The molecule has 0 aliphatic carbocycles. The Bertz CT molecular complexity index is 465. The van der Waals surface area contributed by atoms with Crippen molar-refractivity contribution in [2.24, 2.45) is 11.7 Å². The smallest absolute Gasteiger partial charge is 0.306 e. The summed E-state index contributed by atoms with van der Waals surface area (Å²) in [5, 5.41) is 13.0. The zero-order valence-electron chi connectivity index (χ0n) is 9.85. The number of nitro groups is 1. The molecule has 6 nitrogen and oxygen atoms in total. The molecule has 0 aliphatic rings. The molecule has 1 aromatic carbocycles. The minimum Gasteiger partial charge on any atom is -0.330 e. The van der Waals surface area contributed by atoms with E-state index < -0.39 is 16.4 Å². The van der Waals surface area contributed by atoms with Crippen molar-refractivity contribution in [1.29, 1.82) is 0 Å². The first-order chi connectivity index (χ1) is 8.45. The van der Waals surface area contributed by atoms with E-state index in [1.807, 2.05) is 0 Å². The Hall–Kier alpha value is -2.02. The molecule has 0 radical (unpaired) electrons. The van der Waals surface area contributed by atoms with Gasteiger partial charge in [0.2, 0.25) is 11.7 Å². The van der Waals surface area contributed by atoms with E-state index in [1.54, 1.807) is 6.92 Å². The molecular weight excluding hydrogens is 241 g/mol. The summed E-state index contributed by atoms with van der Waals surface area (Å²) in [5.41, 5.74) is 4.85. The molecule has 1 aromatic rings. The molecule has 0 saturated carbocycles. The number of rotatable bonds is 5. The van der Waals surface area contributed by atoms with E-state index in [0.29, 0.717) is 13.0 Å². The van der Waals surface area contributed by atoms with Crippen molar-refractivity contribution in [3.63, 3.8) is 0 Å². The number of nitrogens with two attached hydrogens (primary N) is 1. The fourth-order valence-corrected chi connectivity index (χ4v) is 1.38. The molecule has 0 saturated heterocycles. The van der Waals surface area contributed by atoms with E-state index in [1.165, 1.54) is 6.07 Å². The van der Waals surface area contributed by atoms with Crippen LogP contribution in [0.15, 0.2) is 18.2 Å². The summed E-state index contributed by atoms with van der Waals surface area (Å²) in [6.07, 6.45) is 0.509. The second-order valence-corrected chi connectivity index (χ2v) is 3.89. The first-order valence-electron chi connectivity index (χ1n) is 5.40. The number of halogens is 1. The molecule has 0 spiro atoms. The minimum absolute atomic E-state index is 0.192. The highest BCUT2D eigenvalue weighted by molar-refractivity contribution is 5.92. The Kier molecular flexibility index (Phi) is 4.73. The Morgan fingerprint density at radius 2 is 2.28 bits per heavy atom. The molecular formula is C11H14FN3O3. The molecule has 98 valence electrons. The van der Waals surface area contributed by atoms with Crippen molar-refractivity contribution in [2.75, 3.05) is 11.9 Å². The van der Waals surface area contributed by atoms with Crippen LogP contribution in [0.25, 0.3) is 0 Å². The van der Waals surface area contributed by atoms with Gasteiger partial charge in [0.25, 0.3) is 0 Å². The van der Waals surface area contributed by atoms with Crippen molar-refractivity contribution < 1.29 is 14.1 Å². The minimum atomic E-state index is -0.937. The van der Waals surface area contributed by atoms with Gasteiger partial charge in [0.05, 0.1) is 4.92 Å². The fraction of sp³-hybridized carbons (Fsp3) is 0.364. The number of nitrogens with zero attached hydrogens (tertiary/aromatic N) is 1. The lowest BCUT2D eigenvalue weighted by molar-refractivity contribution is -0.387. The van der Waals surface area contributed by atoms with E-state index in [4.69, 9.17) is 5.73 Å². The highest BCUT2D eigenvalue weighted by Crippen LogP contribution is 2.22. The van der Waals surface area contributed by atoms with Gasteiger partial charge in [-0.2, -0.15) is 4.39 Å². The van der Waals surface area contributed by atoms with Gasteiger partial charge < -0.3 is 11.1 Å². The van der Waals surface area contributed by atoms with Gasteiger partial charge in [0, 0.05) is 17.7 Å². The van der Waals surface area contributed by atoms with Crippen LogP contribution in [0.2, 0.25) is 0 Å². The van der Waals surface area contributed by atoms with Gasteiger partial charge in [-0.3, -0.25) is 14.9 Å². The van der Waals surface area contributed by atoms with E-state index in [9.17, 15) is 19.3 Å². The monoisotopic (exact) mass is 255 g/mol. The lowest BCUT2D eigenvalue weighted by Crippen LogP contribution is -2.22. The SMILES string of the molecule is CC(CCN)C(=O)Nc1ccc(F)c([N+](=O)[O-])c1. The molecule has 18 heavy (non-hydrogen) atoms. The lowest BCUT2D eigenvalue weighted by Gasteiger charge is -2.10. The van der Waals surface area contributed by atoms with Gasteiger partial charge >= 0.3 is 5.69 Å². The Labute approximate surface area is 103 Å². The molecule has 0 aliphatic heterocycles. The largest absolute Gasteiger partial charge is 0.330 e. The number of nitrogens with one attached hydrogen (secondary N) is 1. The number of carbonyl (C=O) groups excluding carboxylic acids is 1.